The second kappa shape index (κ2) is 4.77. The lowest BCUT2D eigenvalue weighted by Gasteiger charge is -2.08. The van der Waals surface area contributed by atoms with Crippen LogP contribution < -0.4 is 9.47 Å². The van der Waals surface area contributed by atoms with Gasteiger partial charge in [0.2, 0.25) is 0 Å². The number of benzene rings is 2. The minimum Gasteiger partial charge on any atom is -0.508 e. The Morgan fingerprint density at radius 3 is 2.65 bits per heavy atom. The number of nitrogens with one attached hydrogen (secondary N) is 1. The first-order valence-corrected chi connectivity index (χ1v) is 6.12. The van der Waals surface area contributed by atoms with E-state index in [1.165, 1.54) is 0 Å². The number of rotatable bonds is 3. The maximum absolute atomic E-state index is 9.50. The van der Waals surface area contributed by atoms with E-state index in [2.05, 4.69) is 9.97 Å². The van der Waals surface area contributed by atoms with E-state index in [1.54, 1.807) is 32.4 Å². The van der Waals surface area contributed by atoms with Gasteiger partial charge in [0.1, 0.15) is 23.1 Å². The molecule has 5 heteroatoms. The number of aromatic nitrogens is 2. The van der Waals surface area contributed by atoms with Crippen molar-refractivity contribution in [2.45, 2.75) is 0 Å². The number of phenols is 1. The highest BCUT2D eigenvalue weighted by atomic mass is 16.5. The number of aromatic hydroxyl groups is 1. The van der Waals surface area contributed by atoms with Crippen molar-refractivity contribution in [3.63, 3.8) is 0 Å². The summed E-state index contributed by atoms with van der Waals surface area (Å²) in [5.41, 5.74) is 2.36. The van der Waals surface area contributed by atoms with Gasteiger partial charge >= 0.3 is 0 Å². The third-order valence-electron chi connectivity index (χ3n) is 3.13. The molecule has 0 fully saturated rings. The van der Waals surface area contributed by atoms with Crippen LogP contribution in [0.5, 0.6) is 17.2 Å². The van der Waals surface area contributed by atoms with E-state index >= 15 is 0 Å². The molecular weight excluding hydrogens is 256 g/mol. The van der Waals surface area contributed by atoms with E-state index in [1.807, 2.05) is 18.2 Å². The molecular formula is C15H14N2O3. The highest BCUT2D eigenvalue weighted by molar-refractivity contribution is 5.82. The first kappa shape index (κ1) is 12.3. The fraction of sp³-hybridized carbons (Fsp3) is 0.133. The lowest BCUT2D eigenvalue weighted by Crippen LogP contribution is -1.91. The molecule has 0 aliphatic heterocycles. The van der Waals surface area contributed by atoms with Gasteiger partial charge in [-0.2, -0.15) is 0 Å². The molecule has 0 amide bonds. The van der Waals surface area contributed by atoms with Crippen LogP contribution in [0.15, 0.2) is 36.4 Å². The van der Waals surface area contributed by atoms with Crippen LogP contribution in [0.2, 0.25) is 0 Å². The van der Waals surface area contributed by atoms with E-state index < -0.39 is 0 Å². The molecule has 0 saturated heterocycles. The summed E-state index contributed by atoms with van der Waals surface area (Å²) in [6.45, 7) is 0. The minimum atomic E-state index is 0.199. The Hall–Kier alpha value is -2.69. The molecule has 0 unspecified atom stereocenters. The molecule has 20 heavy (non-hydrogen) atoms. The predicted molar refractivity (Wildman–Crippen MR) is 76.3 cm³/mol. The van der Waals surface area contributed by atoms with Crippen molar-refractivity contribution in [1.82, 2.24) is 9.97 Å². The zero-order valence-corrected chi connectivity index (χ0v) is 11.2. The van der Waals surface area contributed by atoms with E-state index in [-0.39, 0.29) is 5.75 Å². The molecule has 3 aromatic rings. The highest BCUT2D eigenvalue weighted by Gasteiger charge is 2.12. The third-order valence-corrected chi connectivity index (χ3v) is 3.13. The first-order chi connectivity index (χ1) is 9.71. The summed E-state index contributed by atoms with van der Waals surface area (Å²) in [6.07, 6.45) is 0. The molecule has 0 atom stereocenters. The quantitative estimate of drug-likeness (QED) is 0.767. The maximum Gasteiger partial charge on any atom is 0.142 e. The van der Waals surface area contributed by atoms with E-state index in [4.69, 9.17) is 9.47 Å². The molecule has 0 bridgehead atoms. The standard InChI is InChI=1S/C15H14N2O3/c1-19-10-4-6-14(20-2)11(8-10)15-16-12-5-3-9(18)7-13(12)17-15/h3-8,18H,1-2H3,(H,16,17). The number of H-pyrrole nitrogens is 1. The SMILES string of the molecule is COc1ccc(OC)c(-c2nc3ccc(O)cc3[nH]2)c1. The number of phenolic OH excluding ortho intramolecular Hbond substituents is 1. The summed E-state index contributed by atoms with van der Waals surface area (Å²) in [5, 5.41) is 9.50. The van der Waals surface area contributed by atoms with Crippen LogP contribution in [0.4, 0.5) is 0 Å². The Bertz CT molecular complexity index is 765. The Balaban J connectivity index is 2.18. The van der Waals surface area contributed by atoms with E-state index in [0.29, 0.717) is 11.6 Å². The molecule has 2 aromatic carbocycles. The van der Waals surface area contributed by atoms with Gasteiger partial charge in [0.25, 0.3) is 0 Å². The van der Waals surface area contributed by atoms with Gasteiger partial charge in [-0.1, -0.05) is 0 Å². The molecule has 5 nitrogen and oxygen atoms in total. The van der Waals surface area contributed by atoms with Crippen LogP contribution in [0.1, 0.15) is 0 Å². The smallest absolute Gasteiger partial charge is 0.142 e. The fourth-order valence-electron chi connectivity index (χ4n) is 2.12. The number of hydrogen-bond acceptors (Lipinski definition) is 4. The van der Waals surface area contributed by atoms with Crippen molar-refractivity contribution >= 4 is 11.0 Å². The summed E-state index contributed by atoms with van der Waals surface area (Å²) >= 11 is 0. The Kier molecular flexibility index (Phi) is 2.95. The van der Waals surface area contributed by atoms with Gasteiger partial charge in [-0.25, -0.2) is 4.98 Å². The molecule has 2 N–H and O–H groups in total. The van der Waals surface area contributed by atoms with Crippen LogP contribution in [0.3, 0.4) is 0 Å². The molecule has 3 rings (SSSR count). The number of methoxy groups -OCH3 is 2. The lowest BCUT2D eigenvalue weighted by atomic mass is 10.2. The van der Waals surface area contributed by atoms with Crippen LogP contribution in [0, 0.1) is 0 Å². The Morgan fingerprint density at radius 2 is 1.90 bits per heavy atom. The highest BCUT2D eigenvalue weighted by Crippen LogP contribution is 2.33. The average molecular weight is 270 g/mol. The summed E-state index contributed by atoms with van der Waals surface area (Å²) in [7, 11) is 3.22. The lowest BCUT2D eigenvalue weighted by molar-refractivity contribution is 0.404. The van der Waals surface area contributed by atoms with Crippen LogP contribution in [0.25, 0.3) is 22.4 Å². The molecule has 102 valence electrons. The first-order valence-electron chi connectivity index (χ1n) is 6.12. The monoisotopic (exact) mass is 270 g/mol. The van der Waals surface area contributed by atoms with Crippen molar-refractivity contribution < 1.29 is 14.6 Å². The van der Waals surface area contributed by atoms with Gasteiger partial charge in [0.05, 0.1) is 30.8 Å². The summed E-state index contributed by atoms with van der Waals surface area (Å²) < 4.78 is 10.6. The van der Waals surface area contributed by atoms with Gasteiger partial charge in [-0.05, 0) is 30.3 Å². The van der Waals surface area contributed by atoms with Crippen LogP contribution >= 0.6 is 0 Å². The molecule has 1 aromatic heterocycles. The second-order valence-corrected chi connectivity index (χ2v) is 4.35. The van der Waals surface area contributed by atoms with Gasteiger partial charge in [-0.15, -0.1) is 0 Å². The molecule has 0 aliphatic rings. The van der Waals surface area contributed by atoms with Crippen molar-refractivity contribution in [1.29, 1.82) is 0 Å². The van der Waals surface area contributed by atoms with Gasteiger partial charge in [0.15, 0.2) is 0 Å². The number of imidazole rings is 1. The van der Waals surface area contributed by atoms with Crippen molar-refractivity contribution in [3.05, 3.63) is 36.4 Å². The third kappa shape index (κ3) is 2.03. The second-order valence-electron chi connectivity index (χ2n) is 4.35. The minimum absolute atomic E-state index is 0.199. The summed E-state index contributed by atoms with van der Waals surface area (Å²) in [6, 6.07) is 10.5. The molecule has 0 saturated carbocycles. The normalized spacial score (nSPS) is 10.7. The largest absolute Gasteiger partial charge is 0.508 e. The predicted octanol–water partition coefficient (Wildman–Crippen LogP) is 2.95. The number of fused-ring (bicyclic) bond motifs is 1. The number of aromatic amines is 1. The van der Waals surface area contributed by atoms with Gasteiger partial charge < -0.3 is 19.6 Å². The van der Waals surface area contributed by atoms with Crippen LogP contribution in [-0.2, 0) is 0 Å². The van der Waals surface area contributed by atoms with Crippen molar-refractivity contribution in [2.75, 3.05) is 14.2 Å². The van der Waals surface area contributed by atoms with Crippen molar-refractivity contribution in [3.8, 4) is 28.6 Å². The van der Waals surface area contributed by atoms with Gasteiger partial charge in [-0.3, -0.25) is 0 Å². The number of hydrogen-bond donors (Lipinski definition) is 2. The molecule has 1 heterocycles. The number of ether oxygens (including phenoxy) is 2. The zero-order valence-electron chi connectivity index (χ0n) is 11.2. The summed E-state index contributed by atoms with van der Waals surface area (Å²) in [5.74, 6) is 2.30. The average Bonchev–Trinajstić information content (AvgIpc) is 2.89. The Morgan fingerprint density at radius 1 is 1.05 bits per heavy atom. The zero-order chi connectivity index (χ0) is 14.1. The maximum atomic E-state index is 9.50. The Labute approximate surface area is 115 Å². The van der Waals surface area contributed by atoms with Crippen LogP contribution in [-0.4, -0.2) is 29.3 Å². The molecule has 0 spiro atoms. The van der Waals surface area contributed by atoms with E-state index in [0.717, 1.165) is 22.3 Å². The molecule has 0 radical (unpaired) electrons. The topological polar surface area (TPSA) is 67.4 Å². The summed E-state index contributed by atoms with van der Waals surface area (Å²) in [4.78, 5) is 7.68. The fourth-order valence-corrected chi connectivity index (χ4v) is 2.12. The van der Waals surface area contributed by atoms with Gasteiger partial charge in [0, 0.05) is 6.07 Å². The van der Waals surface area contributed by atoms with Crippen molar-refractivity contribution in [2.24, 2.45) is 0 Å². The number of nitrogens with zero attached hydrogens (tertiary/aromatic N) is 1. The van der Waals surface area contributed by atoms with E-state index in [9.17, 15) is 5.11 Å². The molecule has 0 aliphatic carbocycles.